The average molecular weight is 157 g/mol. The Morgan fingerprint density at radius 3 is 3.10 bits per heavy atom. The normalized spacial score (nSPS) is 10.1. The van der Waals surface area contributed by atoms with Crippen molar-refractivity contribution in [2.24, 2.45) is 0 Å². The Kier molecular flexibility index (Phi) is 3.43. The smallest absolute Gasteiger partial charge is 0.0210 e. The fourth-order valence-electron chi connectivity index (χ4n) is 0.797. The van der Waals surface area contributed by atoms with Crippen molar-refractivity contribution in [2.45, 2.75) is 12.8 Å². The summed E-state index contributed by atoms with van der Waals surface area (Å²) in [6, 6.07) is 4.16. The molecule has 0 saturated carbocycles. The van der Waals surface area contributed by atoms with Gasteiger partial charge in [0.05, 0.1) is 0 Å². The molecule has 3 heteroatoms. The molecule has 1 heterocycles. The van der Waals surface area contributed by atoms with Crippen molar-refractivity contribution < 1.29 is 5.21 Å². The van der Waals surface area contributed by atoms with Crippen molar-refractivity contribution in [1.82, 2.24) is 5.48 Å². The molecule has 0 amide bonds. The number of nitrogens with one attached hydrogen (secondary N) is 1. The van der Waals surface area contributed by atoms with Crippen LogP contribution in [0.2, 0.25) is 0 Å². The number of hydrogen-bond acceptors (Lipinski definition) is 3. The van der Waals surface area contributed by atoms with Gasteiger partial charge >= 0.3 is 0 Å². The Labute approximate surface area is 64.5 Å². The summed E-state index contributed by atoms with van der Waals surface area (Å²) in [6.07, 6.45) is 2.06. The van der Waals surface area contributed by atoms with Crippen LogP contribution in [0.5, 0.6) is 0 Å². The SMILES string of the molecule is ONCCCc1cccs1. The fourth-order valence-corrected chi connectivity index (χ4v) is 1.55. The largest absolute Gasteiger partial charge is 0.317 e. The first kappa shape index (κ1) is 7.72. The monoisotopic (exact) mass is 157 g/mol. The summed E-state index contributed by atoms with van der Waals surface area (Å²) in [7, 11) is 0. The van der Waals surface area contributed by atoms with Gasteiger partial charge in [0.2, 0.25) is 0 Å². The molecule has 0 aromatic carbocycles. The lowest BCUT2D eigenvalue weighted by molar-refractivity contribution is 0.166. The third kappa shape index (κ3) is 2.47. The maximum Gasteiger partial charge on any atom is 0.0210 e. The van der Waals surface area contributed by atoms with Crippen LogP contribution >= 0.6 is 11.3 Å². The van der Waals surface area contributed by atoms with Crippen LogP contribution in [0.4, 0.5) is 0 Å². The molecule has 0 aliphatic heterocycles. The van der Waals surface area contributed by atoms with Crippen LogP contribution < -0.4 is 5.48 Å². The minimum Gasteiger partial charge on any atom is -0.317 e. The molecule has 56 valence electrons. The summed E-state index contributed by atoms with van der Waals surface area (Å²) in [6.45, 7) is 0.678. The lowest BCUT2D eigenvalue weighted by Crippen LogP contribution is -2.08. The Bertz CT molecular complexity index is 162. The highest BCUT2D eigenvalue weighted by Crippen LogP contribution is 2.09. The number of hydrogen-bond donors (Lipinski definition) is 2. The van der Waals surface area contributed by atoms with Crippen molar-refractivity contribution >= 4 is 11.3 Å². The summed E-state index contributed by atoms with van der Waals surface area (Å²) < 4.78 is 0. The Hall–Kier alpha value is -0.380. The van der Waals surface area contributed by atoms with E-state index < -0.39 is 0 Å². The minimum atomic E-state index is 0.678. The standard InChI is InChI=1S/C7H11NOS/c9-8-5-1-3-7-4-2-6-10-7/h2,4,6,8-9H,1,3,5H2. The summed E-state index contributed by atoms with van der Waals surface area (Å²) in [5, 5.41) is 10.3. The summed E-state index contributed by atoms with van der Waals surface area (Å²) in [5.41, 5.74) is 2.13. The number of hydroxylamine groups is 1. The topological polar surface area (TPSA) is 32.3 Å². The second-order valence-corrected chi connectivity index (χ2v) is 3.12. The molecule has 0 radical (unpaired) electrons. The predicted octanol–water partition coefficient (Wildman–Crippen LogP) is 1.66. The van der Waals surface area contributed by atoms with E-state index in [1.54, 1.807) is 11.3 Å². The van der Waals surface area contributed by atoms with Crippen LogP contribution in [0, 0.1) is 0 Å². The van der Waals surface area contributed by atoms with Gasteiger partial charge in [-0.1, -0.05) is 6.07 Å². The molecule has 1 rings (SSSR count). The van der Waals surface area contributed by atoms with Crippen molar-refractivity contribution in [2.75, 3.05) is 6.54 Å². The second-order valence-electron chi connectivity index (χ2n) is 2.09. The molecule has 0 bridgehead atoms. The molecule has 0 fully saturated rings. The average Bonchev–Trinajstić information content (AvgIpc) is 2.41. The van der Waals surface area contributed by atoms with E-state index in [-0.39, 0.29) is 0 Å². The first-order valence-corrected chi connectivity index (χ1v) is 4.21. The first-order valence-electron chi connectivity index (χ1n) is 3.33. The zero-order valence-corrected chi connectivity index (χ0v) is 6.53. The fraction of sp³-hybridized carbons (Fsp3) is 0.429. The maximum atomic E-state index is 8.25. The summed E-state index contributed by atoms with van der Waals surface area (Å²) in [4.78, 5) is 1.38. The van der Waals surface area contributed by atoms with Crippen molar-refractivity contribution in [3.05, 3.63) is 22.4 Å². The van der Waals surface area contributed by atoms with Gasteiger partial charge < -0.3 is 5.21 Å². The molecule has 0 unspecified atom stereocenters. The van der Waals surface area contributed by atoms with Crippen molar-refractivity contribution in [3.63, 3.8) is 0 Å². The highest BCUT2D eigenvalue weighted by Gasteiger charge is 1.91. The molecule has 0 aliphatic rings. The predicted molar refractivity (Wildman–Crippen MR) is 42.4 cm³/mol. The van der Waals surface area contributed by atoms with Crippen LogP contribution in [0.3, 0.4) is 0 Å². The lowest BCUT2D eigenvalue weighted by atomic mass is 10.3. The molecular weight excluding hydrogens is 146 g/mol. The third-order valence-corrected chi connectivity index (χ3v) is 2.23. The van der Waals surface area contributed by atoms with Crippen LogP contribution in [0.1, 0.15) is 11.3 Å². The number of rotatable bonds is 4. The first-order chi connectivity index (χ1) is 4.93. The highest BCUT2D eigenvalue weighted by molar-refractivity contribution is 7.09. The Morgan fingerprint density at radius 1 is 1.60 bits per heavy atom. The molecule has 2 N–H and O–H groups in total. The lowest BCUT2D eigenvalue weighted by Gasteiger charge is -1.94. The molecule has 10 heavy (non-hydrogen) atoms. The summed E-state index contributed by atoms with van der Waals surface area (Å²) in [5.74, 6) is 0. The van der Waals surface area contributed by atoms with Gasteiger partial charge in [0.1, 0.15) is 0 Å². The van der Waals surface area contributed by atoms with Crippen LogP contribution in [0.15, 0.2) is 17.5 Å². The van der Waals surface area contributed by atoms with Crippen LogP contribution in [-0.2, 0) is 6.42 Å². The van der Waals surface area contributed by atoms with E-state index in [4.69, 9.17) is 5.21 Å². The molecule has 0 saturated heterocycles. The van der Waals surface area contributed by atoms with Gasteiger partial charge in [0.25, 0.3) is 0 Å². The molecule has 1 aromatic heterocycles. The maximum absolute atomic E-state index is 8.25. The van der Waals surface area contributed by atoms with E-state index in [2.05, 4.69) is 16.9 Å². The number of aryl methyl sites for hydroxylation is 1. The third-order valence-electron chi connectivity index (χ3n) is 1.29. The second kappa shape index (κ2) is 4.44. The van der Waals surface area contributed by atoms with Crippen LogP contribution in [0.25, 0.3) is 0 Å². The molecule has 2 nitrogen and oxygen atoms in total. The molecule has 0 spiro atoms. The van der Waals surface area contributed by atoms with Crippen molar-refractivity contribution in [1.29, 1.82) is 0 Å². The molecule has 1 aromatic rings. The van der Waals surface area contributed by atoms with Crippen LogP contribution in [-0.4, -0.2) is 11.8 Å². The zero-order chi connectivity index (χ0) is 7.23. The van der Waals surface area contributed by atoms with E-state index in [0.717, 1.165) is 12.8 Å². The van der Waals surface area contributed by atoms with E-state index >= 15 is 0 Å². The van der Waals surface area contributed by atoms with Gasteiger partial charge in [-0.25, -0.2) is 5.48 Å². The van der Waals surface area contributed by atoms with Gasteiger partial charge in [-0.3, -0.25) is 0 Å². The quantitative estimate of drug-likeness (QED) is 0.514. The Balaban J connectivity index is 2.15. The van der Waals surface area contributed by atoms with E-state index in [1.807, 2.05) is 6.07 Å². The van der Waals surface area contributed by atoms with Crippen molar-refractivity contribution in [3.8, 4) is 0 Å². The van der Waals surface area contributed by atoms with E-state index in [1.165, 1.54) is 4.88 Å². The number of thiophene rings is 1. The molecule has 0 atom stereocenters. The minimum absolute atomic E-state index is 0.678. The molecule has 0 aliphatic carbocycles. The van der Waals surface area contributed by atoms with E-state index in [0.29, 0.717) is 6.54 Å². The highest BCUT2D eigenvalue weighted by atomic mass is 32.1. The van der Waals surface area contributed by atoms with Gasteiger partial charge in [-0.15, -0.1) is 11.3 Å². The van der Waals surface area contributed by atoms with E-state index in [9.17, 15) is 0 Å². The van der Waals surface area contributed by atoms with Gasteiger partial charge in [0.15, 0.2) is 0 Å². The Morgan fingerprint density at radius 2 is 2.50 bits per heavy atom. The summed E-state index contributed by atoms with van der Waals surface area (Å²) >= 11 is 1.76. The van der Waals surface area contributed by atoms with Gasteiger partial charge in [-0.2, -0.15) is 0 Å². The van der Waals surface area contributed by atoms with Gasteiger partial charge in [0, 0.05) is 11.4 Å². The van der Waals surface area contributed by atoms with Gasteiger partial charge in [-0.05, 0) is 24.3 Å². The zero-order valence-electron chi connectivity index (χ0n) is 5.71. The molecular formula is C7H11NOS.